The summed E-state index contributed by atoms with van der Waals surface area (Å²) in [5, 5.41) is 10.5. The summed E-state index contributed by atoms with van der Waals surface area (Å²) in [7, 11) is 0. The summed E-state index contributed by atoms with van der Waals surface area (Å²) in [4.78, 5) is 31.2. The van der Waals surface area contributed by atoms with Gasteiger partial charge in [-0.1, -0.05) is 32.9 Å². The third-order valence-electron chi connectivity index (χ3n) is 4.43. The van der Waals surface area contributed by atoms with E-state index in [1.807, 2.05) is 0 Å². The van der Waals surface area contributed by atoms with Crippen LogP contribution in [0.5, 0.6) is 5.75 Å². The van der Waals surface area contributed by atoms with Crippen molar-refractivity contribution in [1.29, 1.82) is 0 Å². The number of amides is 1. The van der Waals surface area contributed by atoms with Crippen molar-refractivity contribution < 1.29 is 32.6 Å². The predicted molar refractivity (Wildman–Crippen MR) is 102 cm³/mol. The molecule has 1 N–H and O–H groups in total. The molecule has 0 aliphatic carbocycles. The Morgan fingerprint density at radius 1 is 1.13 bits per heavy atom. The second kappa shape index (κ2) is 7.47. The molecule has 1 atom stereocenters. The van der Waals surface area contributed by atoms with Gasteiger partial charge in [0.15, 0.2) is 11.5 Å². The molecule has 1 aromatic heterocycles. The molecule has 9 heteroatoms. The zero-order chi connectivity index (χ0) is 22.3. The first-order valence-corrected chi connectivity index (χ1v) is 8.98. The van der Waals surface area contributed by atoms with Crippen molar-refractivity contribution >= 4 is 17.4 Å². The van der Waals surface area contributed by atoms with Crippen molar-refractivity contribution in [3.63, 3.8) is 0 Å². The van der Waals surface area contributed by atoms with Gasteiger partial charge < -0.3 is 9.84 Å². The normalized spacial score (nSPS) is 17.5. The summed E-state index contributed by atoms with van der Waals surface area (Å²) in [6.45, 7) is 4.90. The van der Waals surface area contributed by atoms with E-state index in [2.05, 4.69) is 9.72 Å². The average molecular weight is 420 g/mol. The van der Waals surface area contributed by atoms with Gasteiger partial charge in [-0.15, -0.1) is 13.2 Å². The predicted octanol–water partition coefficient (Wildman–Crippen LogP) is 4.50. The highest BCUT2D eigenvalue weighted by Crippen LogP contribution is 2.43. The number of aliphatic hydroxyl groups is 1. The molecule has 3 rings (SSSR count). The van der Waals surface area contributed by atoms with Crippen molar-refractivity contribution in [3.8, 4) is 5.75 Å². The van der Waals surface area contributed by atoms with E-state index >= 15 is 0 Å². The number of ether oxygens (including phenoxy) is 1. The van der Waals surface area contributed by atoms with Gasteiger partial charge >= 0.3 is 6.36 Å². The monoisotopic (exact) mass is 420 g/mol. The van der Waals surface area contributed by atoms with E-state index in [1.165, 1.54) is 18.3 Å². The van der Waals surface area contributed by atoms with Gasteiger partial charge in [-0.2, -0.15) is 0 Å². The minimum atomic E-state index is -4.91. The minimum absolute atomic E-state index is 0.0145. The molecular formula is C21H19F3N2O4. The summed E-state index contributed by atoms with van der Waals surface area (Å²) in [6, 6.07) is 8.50. The van der Waals surface area contributed by atoms with Crippen molar-refractivity contribution in [1.82, 2.24) is 4.98 Å². The lowest BCUT2D eigenvalue weighted by molar-refractivity contribution is -0.274. The van der Waals surface area contributed by atoms with Crippen molar-refractivity contribution in [2.75, 3.05) is 4.90 Å². The number of aliphatic hydroxyl groups excluding tert-OH is 1. The molecule has 0 radical (unpaired) electrons. The van der Waals surface area contributed by atoms with E-state index in [0.29, 0.717) is 0 Å². The van der Waals surface area contributed by atoms with Crippen LogP contribution >= 0.6 is 0 Å². The highest BCUT2D eigenvalue weighted by molar-refractivity contribution is 6.17. The van der Waals surface area contributed by atoms with Gasteiger partial charge in [0.1, 0.15) is 11.8 Å². The fraction of sp³-hybridized carbons (Fsp3) is 0.286. The molecule has 0 saturated heterocycles. The maximum Gasteiger partial charge on any atom is 0.573 e. The Kier molecular flexibility index (Phi) is 5.32. The Hall–Kier alpha value is -3.36. The van der Waals surface area contributed by atoms with Crippen LogP contribution in [0.4, 0.5) is 18.9 Å². The average Bonchev–Trinajstić information content (AvgIpc) is 2.91. The van der Waals surface area contributed by atoms with Gasteiger partial charge in [0.25, 0.3) is 5.91 Å². The molecule has 1 aromatic carbocycles. The standard InChI is InChI=1S/C21H19F3N2O4/c1-20(2,3)18(28)15-16(14-9-4-5-10-25-14)26(19(29)17(15)27)12-7-6-8-13(11-12)30-21(22,23)24/h4-11,16,27H,1-3H3. The van der Waals surface area contributed by atoms with Gasteiger partial charge in [0, 0.05) is 23.4 Å². The van der Waals surface area contributed by atoms with Crippen LogP contribution in [0.3, 0.4) is 0 Å². The van der Waals surface area contributed by atoms with E-state index in [4.69, 9.17) is 0 Å². The Bertz CT molecular complexity index is 1010. The Morgan fingerprint density at radius 2 is 1.83 bits per heavy atom. The number of halogens is 3. The molecule has 0 spiro atoms. The zero-order valence-corrected chi connectivity index (χ0v) is 16.4. The molecule has 2 aromatic rings. The second-order valence-corrected chi connectivity index (χ2v) is 7.72. The largest absolute Gasteiger partial charge is 0.573 e. The first kappa shape index (κ1) is 21.4. The Balaban J connectivity index is 2.14. The number of rotatable bonds is 4. The number of ketones is 1. The number of hydrogen-bond acceptors (Lipinski definition) is 5. The molecule has 0 saturated carbocycles. The third-order valence-corrected chi connectivity index (χ3v) is 4.43. The fourth-order valence-corrected chi connectivity index (χ4v) is 3.16. The number of pyridine rings is 1. The summed E-state index contributed by atoms with van der Waals surface area (Å²) in [5.74, 6) is -2.69. The molecule has 1 aliphatic heterocycles. The smallest absolute Gasteiger partial charge is 0.503 e. The lowest BCUT2D eigenvalue weighted by Crippen LogP contribution is -2.33. The van der Waals surface area contributed by atoms with Crippen LogP contribution in [0.25, 0.3) is 0 Å². The van der Waals surface area contributed by atoms with Crippen LogP contribution in [0.2, 0.25) is 0 Å². The number of Topliss-reactive ketones (excluding diaryl/α,β-unsaturated/α-hetero) is 1. The van der Waals surface area contributed by atoms with E-state index in [9.17, 15) is 27.9 Å². The minimum Gasteiger partial charge on any atom is -0.503 e. The Morgan fingerprint density at radius 3 is 2.40 bits per heavy atom. The van der Waals surface area contributed by atoms with Crippen LogP contribution < -0.4 is 9.64 Å². The van der Waals surface area contributed by atoms with E-state index in [0.717, 1.165) is 17.0 Å². The van der Waals surface area contributed by atoms with Crippen LogP contribution in [0.1, 0.15) is 32.5 Å². The van der Waals surface area contributed by atoms with Gasteiger partial charge in [-0.3, -0.25) is 19.5 Å². The first-order chi connectivity index (χ1) is 13.9. The van der Waals surface area contributed by atoms with Crippen LogP contribution in [0.15, 0.2) is 60.0 Å². The highest BCUT2D eigenvalue weighted by Gasteiger charge is 2.47. The number of benzene rings is 1. The third kappa shape index (κ3) is 4.14. The molecule has 30 heavy (non-hydrogen) atoms. The molecule has 158 valence electrons. The molecule has 6 nitrogen and oxygen atoms in total. The van der Waals surface area contributed by atoms with Crippen LogP contribution in [-0.2, 0) is 9.59 Å². The topological polar surface area (TPSA) is 79.7 Å². The maximum absolute atomic E-state index is 13.0. The summed E-state index contributed by atoms with van der Waals surface area (Å²) >= 11 is 0. The Labute approximate surface area is 170 Å². The molecule has 0 fully saturated rings. The van der Waals surface area contributed by atoms with Gasteiger partial charge in [-0.05, 0) is 24.3 Å². The van der Waals surface area contributed by atoms with Crippen LogP contribution in [-0.4, -0.2) is 28.1 Å². The first-order valence-electron chi connectivity index (χ1n) is 8.98. The summed E-state index contributed by atoms with van der Waals surface area (Å²) in [5.41, 5.74) is -0.785. The number of hydrogen-bond donors (Lipinski definition) is 1. The lowest BCUT2D eigenvalue weighted by Gasteiger charge is -2.28. The number of anilines is 1. The molecule has 1 unspecified atom stereocenters. The molecule has 1 aliphatic rings. The number of nitrogens with zero attached hydrogens (tertiary/aromatic N) is 2. The van der Waals surface area contributed by atoms with Crippen molar-refractivity contribution in [3.05, 3.63) is 65.7 Å². The maximum atomic E-state index is 13.0. The fourth-order valence-electron chi connectivity index (χ4n) is 3.16. The zero-order valence-electron chi connectivity index (χ0n) is 16.4. The number of carbonyl (C=O) groups is 2. The quantitative estimate of drug-likeness (QED) is 0.788. The molecule has 2 heterocycles. The second-order valence-electron chi connectivity index (χ2n) is 7.72. The van der Waals surface area contributed by atoms with E-state index in [-0.39, 0.29) is 17.0 Å². The van der Waals surface area contributed by atoms with E-state index in [1.54, 1.807) is 39.0 Å². The van der Waals surface area contributed by atoms with Gasteiger partial charge in [0.05, 0.1) is 11.3 Å². The van der Waals surface area contributed by atoms with Gasteiger partial charge in [0.2, 0.25) is 0 Å². The molecule has 0 bridgehead atoms. The lowest BCUT2D eigenvalue weighted by atomic mass is 9.83. The highest BCUT2D eigenvalue weighted by atomic mass is 19.4. The molecule has 1 amide bonds. The van der Waals surface area contributed by atoms with Gasteiger partial charge in [-0.25, -0.2) is 0 Å². The number of alkyl halides is 3. The van der Waals surface area contributed by atoms with Crippen molar-refractivity contribution in [2.45, 2.75) is 33.2 Å². The van der Waals surface area contributed by atoms with Crippen LogP contribution in [0, 0.1) is 5.41 Å². The summed E-state index contributed by atoms with van der Waals surface area (Å²) in [6.07, 6.45) is -3.46. The summed E-state index contributed by atoms with van der Waals surface area (Å²) < 4.78 is 41.8. The number of carbonyl (C=O) groups excluding carboxylic acids is 2. The number of aromatic nitrogens is 1. The SMILES string of the molecule is CC(C)(C)C(=O)C1=C(O)C(=O)N(c2cccc(OC(F)(F)F)c2)C1c1ccccn1. The van der Waals surface area contributed by atoms with Crippen molar-refractivity contribution in [2.24, 2.45) is 5.41 Å². The van der Waals surface area contributed by atoms with E-state index < -0.39 is 41.0 Å². The molecular weight excluding hydrogens is 401 g/mol.